The first-order chi connectivity index (χ1) is 17.3. The van der Waals surface area contributed by atoms with Crippen LogP contribution >= 0.6 is 46.6 Å². The van der Waals surface area contributed by atoms with Gasteiger partial charge in [0.15, 0.2) is 10.9 Å². The van der Waals surface area contributed by atoms with Crippen molar-refractivity contribution in [2.24, 2.45) is 4.99 Å². The van der Waals surface area contributed by atoms with Gasteiger partial charge in [-0.25, -0.2) is 9.79 Å². The fourth-order valence-corrected chi connectivity index (χ4v) is 5.24. The maximum atomic E-state index is 13.0. The minimum absolute atomic E-state index is 0.162. The number of hydrogen-bond donors (Lipinski definition) is 1. The van der Waals surface area contributed by atoms with E-state index in [1.807, 2.05) is 25.1 Å². The molecule has 1 aliphatic rings. The predicted octanol–water partition coefficient (Wildman–Crippen LogP) is 7.55. The van der Waals surface area contributed by atoms with Crippen LogP contribution < -0.4 is 4.74 Å². The van der Waals surface area contributed by atoms with Gasteiger partial charge in [0, 0.05) is 17.1 Å². The molecule has 6 nitrogen and oxygen atoms in total. The van der Waals surface area contributed by atoms with E-state index in [1.54, 1.807) is 41.3 Å². The molecule has 0 aliphatic carbocycles. The number of amides is 1. The molecular weight excluding hydrogens is 543 g/mol. The number of rotatable bonds is 7. The van der Waals surface area contributed by atoms with Gasteiger partial charge in [-0.2, -0.15) is 0 Å². The highest BCUT2D eigenvalue weighted by atomic mass is 35.5. The van der Waals surface area contributed by atoms with Crippen molar-refractivity contribution in [2.75, 3.05) is 6.54 Å². The maximum Gasteiger partial charge on any atom is 0.335 e. The minimum Gasteiger partial charge on any atom is -0.486 e. The maximum absolute atomic E-state index is 13.0. The first-order valence-electron chi connectivity index (χ1n) is 10.8. The van der Waals surface area contributed by atoms with Crippen molar-refractivity contribution in [1.82, 2.24) is 4.90 Å². The Kier molecular flexibility index (Phi) is 8.26. The van der Waals surface area contributed by atoms with Crippen LogP contribution in [-0.4, -0.2) is 33.6 Å². The molecule has 3 aromatic rings. The highest BCUT2D eigenvalue weighted by Crippen LogP contribution is 2.38. The standard InChI is InChI=1S/C26H19Cl3N2O4S/c1-2-31-24(32)22(36-26(31)30-18-9-7-16(8-10-18)25(33)34)13-15-11-20(28)23(21(29)12-15)35-14-17-5-3-4-6-19(17)27/h3-13H,2,14H2,1H3,(H,33,34)/b22-13-,30-26?. The van der Waals surface area contributed by atoms with E-state index in [0.29, 0.717) is 48.7 Å². The van der Waals surface area contributed by atoms with Gasteiger partial charge in [0.25, 0.3) is 5.91 Å². The predicted molar refractivity (Wildman–Crippen MR) is 146 cm³/mol. The van der Waals surface area contributed by atoms with E-state index in [2.05, 4.69) is 4.99 Å². The number of halogens is 3. The molecule has 10 heteroatoms. The number of carbonyl (C=O) groups excluding carboxylic acids is 1. The molecule has 0 aromatic heterocycles. The van der Waals surface area contributed by atoms with Crippen molar-refractivity contribution in [3.8, 4) is 5.75 Å². The van der Waals surface area contributed by atoms with E-state index < -0.39 is 5.97 Å². The zero-order chi connectivity index (χ0) is 25.8. The molecule has 36 heavy (non-hydrogen) atoms. The molecular formula is C26H19Cl3N2O4S. The molecule has 0 radical (unpaired) electrons. The van der Waals surface area contributed by atoms with Crippen LogP contribution in [0.4, 0.5) is 5.69 Å². The number of carbonyl (C=O) groups is 2. The highest BCUT2D eigenvalue weighted by molar-refractivity contribution is 8.18. The summed E-state index contributed by atoms with van der Waals surface area (Å²) in [6.45, 7) is 2.47. The van der Waals surface area contributed by atoms with Gasteiger partial charge in [0.1, 0.15) is 6.61 Å². The van der Waals surface area contributed by atoms with Crippen LogP contribution in [0.1, 0.15) is 28.4 Å². The summed E-state index contributed by atoms with van der Waals surface area (Å²) < 4.78 is 5.82. The van der Waals surface area contributed by atoms with Crippen LogP contribution in [0.5, 0.6) is 5.75 Å². The number of thioether (sulfide) groups is 1. The van der Waals surface area contributed by atoms with Gasteiger partial charge in [0.2, 0.25) is 0 Å². The number of carboxylic acid groups (broad SMARTS) is 1. The third-order valence-electron chi connectivity index (χ3n) is 5.19. The number of hydrogen-bond acceptors (Lipinski definition) is 5. The lowest BCUT2D eigenvalue weighted by molar-refractivity contribution is -0.122. The lowest BCUT2D eigenvalue weighted by Crippen LogP contribution is -2.28. The summed E-state index contributed by atoms with van der Waals surface area (Å²) in [5.41, 5.74) is 2.14. The number of aliphatic imine (C=N–C) groups is 1. The van der Waals surface area contributed by atoms with E-state index in [0.717, 1.165) is 5.56 Å². The Morgan fingerprint density at radius 2 is 1.72 bits per heavy atom. The third-order valence-corrected chi connectivity index (χ3v) is 7.13. The normalized spacial score (nSPS) is 15.7. The van der Waals surface area contributed by atoms with Gasteiger partial charge < -0.3 is 9.84 Å². The summed E-state index contributed by atoms with van der Waals surface area (Å²) in [4.78, 5) is 30.6. The van der Waals surface area contributed by atoms with Crippen LogP contribution in [-0.2, 0) is 11.4 Å². The summed E-state index contributed by atoms with van der Waals surface area (Å²) in [5.74, 6) is -0.889. The number of aromatic carboxylic acids is 1. The van der Waals surface area contributed by atoms with Crippen molar-refractivity contribution in [3.05, 3.63) is 97.3 Å². The lowest BCUT2D eigenvalue weighted by Gasteiger charge is -2.12. The molecule has 0 unspecified atom stereocenters. The monoisotopic (exact) mass is 560 g/mol. The first kappa shape index (κ1) is 26.1. The van der Waals surface area contributed by atoms with Crippen molar-refractivity contribution in [2.45, 2.75) is 13.5 Å². The molecule has 1 saturated heterocycles. The third kappa shape index (κ3) is 5.87. The van der Waals surface area contributed by atoms with Gasteiger partial charge >= 0.3 is 5.97 Å². The van der Waals surface area contributed by atoms with E-state index in [4.69, 9.17) is 44.6 Å². The second-order valence-corrected chi connectivity index (χ2v) is 9.83. The molecule has 0 atom stereocenters. The Morgan fingerprint density at radius 3 is 2.33 bits per heavy atom. The summed E-state index contributed by atoms with van der Waals surface area (Å²) in [5, 5.41) is 10.7. The van der Waals surface area contributed by atoms with Crippen LogP contribution in [0.3, 0.4) is 0 Å². The molecule has 4 rings (SSSR count). The van der Waals surface area contributed by atoms with E-state index in [1.165, 1.54) is 23.9 Å². The number of benzene rings is 3. The number of carboxylic acids is 1. The molecule has 1 aliphatic heterocycles. The van der Waals surface area contributed by atoms with Crippen LogP contribution in [0.2, 0.25) is 15.1 Å². The van der Waals surface area contributed by atoms with Crippen LogP contribution in [0, 0.1) is 0 Å². The largest absolute Gasteiger partial charge is 0.486 e. The topological polar surface area (TPSA) is 79.2 Å². The van der Waals surface area contributed by atoms with Crippen molar-refractivity contribution < 1.29 is 19.4 Å². The smallest absolute Gasteiger partial charge is 0.335 e. The van der Waals surface area contributed by atoms with Gasteiger partial charge in [-0.3, -0.25) is 9.69 Å². The molecule has 3 aromatic carbocycles. The molecule has 1 fully saturated rings. The number of ether oxygens (including phenoxy) is 1. The average Bonchev–Trinajstić information content (AvgIpc) is 3.13. The molecule has 184 valence electrons. The minimum atomic E-state index is -1.02. The quantitative estimate of drug-likeness (QED) is 0.301. The number of amidine groups is 1. The molecule has 0 saturated carbocycles. The first-order valence-corrected chi connectivity index (χ1v) is 12.7. The van der Waals surface area contributed by atoms with E-state index in [-0.39, 0.29) is 18.1 Å². The van der Waals surface area contributed by atoms with Crippen molar-refractivity contribution in [1.29, 1.82) is 0 Å². The average molecular weight is 562 g/mol. The van der Waals surface area contributed by atoms with E-state index in [9.17, 15) is 9.59 Å². The van der Waals surface area contributed by atoms with Crippen molar-refractivity contribution >= 4 is 75.4 Å². The Hall–Kier alpha value is -2.97. The Bertz CT molecular complexity index is 1370. The summed E-state index contributed by atoms with van der Waals surface area (Å²) in [6, 6.07) is 16.8. The molecule has 0 spiro atoms. The molecule has 1 heterocycles. The Balaban J connectivity index is 1.55. The summed E-state index contributed by atoms with van der Waals surface area (Å²) in [6.07, 6.45) is 1.70. The van der Waals surface area contributed by atoms with Crippen molar-refractivity contribution in [3.63, 3.8) is 0 Å². The van der Waals surface area contributed by atoms with E-state index >= 15 is 0 Å². The number of nitrogens with zero attached hydrogens (tertiary/aromatic N) is 2. The zero-order valence-electron chi connectivity index (χ0n) is 18.9. The molecule has 1 amide bonds. The Morgan fingerprint density at radius 1 is 1.06 bits per heavy atom. The van der Waals surface area contributed by atoms with Gasteiger partial charge in [-0.1, -0.05) is 53.0 Å². The highest BCUT2D eigenvalue weighted by Gasteiger charge is 2.32. The fraction of sp³-hybridized carbons (Fsp3) is 0.115. The van der Waals surface area contributed by atoms with Gasteiger partial charge in [-0.15, -0.1) is 0 Å². The number of likely N-dealkylation sites (N-methyl/N-ethyl adjacent to an activating group) is 1. The SMILES string of the molecule is CCN1C(=O)/C(=C/c2cc(Cl)c(OCc3ccccc3Cl)c(Cl)c2)SC1=Nc1ccc(C(=O)O)cc1. The fourth-order valence-electron chi connectivity index (χ4n) is 3.38. The Labute approximate surface area is 227 Å². The van der Waals surface area contributed by atoms with Gasteiger partial charge in [-0.05, 0) is 72.8 Å². The zero-order valence-corrected chi connectivity index (χ0v) is 22.0. The summed E-state index contributed by atoms with van der Waals surface area (Å²) in [7, 11) is 0. The summed E-state index contributed by atoms with van der Waals surface area (Å²) >= 11 is 20.3. The molecule has 0 bridgehead atoms. The second-order valence-electron chi connectivity index (χ2n) is 7.60. The van der Waals surface area contributed by atoms with Crippen LogP contribution in [0.25, 0.3) is 6.08 Å². The lowest BCUT2D eigenvalue weighted by atomic mass is 10.2. The molecule has 1 N–H and O–H groups in total. The second kappa shape index (κ2) is 11.4. The van der Waals surface area contributed by atoms with Crippen LogP contribution in [0.15, 0.2) is 70.6 Å². The van der Waals surface area contributed by atoms with Gasteiger partial charge in [0.05, 0.1) is 26.2 Å².